The molecule has 1 fully saturated rings. The van der Waals surface area contributed by atoms with Crippen molar-refractivity contribution in [2.75, 3.05) is 0 Å². The number of hydrogen-bond acceptors (Lipinski definition) is 4. The van der Waals surface area contributed by atoms with Crippen molar-refractivity contribution in [3.8, 4) is 44.5 Å². The summed E-state index contributed by atoms with van der Waals surface area (Å²) in [6.07, 6.45) is 0. The summed E-state index contributed by atoms with van der Waals surface area (Å²) in [5.41, 5.74) is 9.34. The van der Waals surface area contributed by atoms with Crippen LogP contribution < -0.4 is 20.7 Å². The van der Waals surface area contributed by atoms with E-state index in [0.29, 0.717) is 24.2 Å². The summed E-state index contributed by atoms with van der Waals surface area (Å²) >= 11 is 0. The molecule has 0 aromatic heterocycles. The highest BCUT2D eigenvalue weighted by molar-refractivity contribution is 7.06. The Morgan fingerprint density at radius 1 is 0.219 bits per heavy atom. The molecule has 9 rings (SSSR count). The van der Waals surface area contributed by atoms with Gasteiger partial charge in [0.1, 0.15) is 0 Å². The van der Waals surface area contributed by atoms with Crippen LogP contribution in [0.15, 0.2) is 218 Å². The minimum absolute atomic E-state index is 0.685. The Bertz CT molecular complexity index is 2340. The first-order valence-corrected chi connectivity index (χ1v) is 30.9. The normalized spacial score (nSPS) is 22.3. The van der Waals surface area contributed by atoms with Gasteiger partial charge >= 0.3 is 34.2 Å². The molecule has 4 nitrogen and oxygen atoms in total. The first-order valence-electron chi connectivity index (χ1n) is 22.8. The van der Waals surface area contributed by atoms with Gasteiger partial charge in [0.25, 0.3) is 0 Å². The van der Waals surface area contributed by atoms with E-state index in [9.17, 15) is 0 Å². The van der Waals surface area contributed by atoms with Crippen LogP contribution in [0.25, 0.3) is 44.5 Å². The van der Waals surface area contributed by atoms with Gasteiger partial charge in [-0.2, -0.15) is 0 Å². The molecule has 1 aliphatic rings. The van der Waals surface area contributed by atoms with Crippen LogP contribution in [0.2, 0.25) is 24.2 Å². The maximum atomic E-state index is 8.19. The van der Waals surface area contributed by atoms with Crippen LogP contribution >= 0.6 is 0 Å². The van der Waals surface area contributed by atoms with Gasteiger partial charge in [-0.3, -0.25) is 0 Å². The van der Waals surface area contributed by atoms with Crippen LogP contribution in [0.4, 0.5) is 0 Å². The van der Waals surface area contributed by atoms with E-state index in [1.807, 2.05) is 0 Å². The molecular weight excluding hydrogens is 849 g/mol. The topological polar surface area (TPSA) is 36.9 Å². The lowest BCUT2D eigenvalue weighted by Gasteiger charge is -2.53. The zero-order chi connectivity index (χ0) is 44.0. The van der Waals surface area contributed by atoms with Crippen molar-refractivity contribution < 1.29 is 16.5 Å². The Balaban J connectivity index is 1.25. The Kier molecular flexibility index (Phi) is 12.9. The summed E-state index contributed by atoms with van der Waals surface area (Å²) in [6.45, 7) is 8.97. The van der Waals surface area contributed by atoms with Crippen LogP contribution in [0, 0.1) is 0 Å². The molecule has 1 saturated heterocycles. The molecular formula is C56H56O4Si4. The summed E-state index contributed by atoms with van der Waals surface area (Å²) < 4.78 is 32.8. The fraction of sp³-hybridized carbons (Fsp3) is 0.143. The van der Waals surface area contributed by atoms with Gasteiger partial charge in [0.2, 0.25) is 0 Å². The highest BCUT2D eigenvalue weighted by Gasteiger charge is 2.63. The molecule has 1 aliphatic heterocycles. The van der Waals surface area contributed by atoms with Crippen LogP contribution in [0.1, 0.15) is 27.7 Å². The molecule has 0 unspecified atom stereocenters. The van der Waals surface area contributed by atoms with Gasteiger partial charge in [0.15, 0.2) is 0 Å². The van der Waals surface area contributed by atoms with Crippen molar-refractivity contribution >= 4 is 55.0 Å². The molecule has 0 atom stereocenters. The second kappa shape index (κ2) is 18.9. The monoisotopic (exact) mass is 904 g/mol. The molecule has 0 saturated carbocycles. The van der Waals surface area contributed by atoms with E-state index in [-0.39, 0.29) is 0 Å². The summed E-state index contributed by atoms with van der Waals surface area (Å²) in [6, 6.07) is 80.9. The SMILES string of the molecule is CC[Si]1(c2ccc(-c3ccccc3)cc2)O[Si](CC)(c2ccc(-c3ccccc3)cc2)O[Si](CC)(c2ccc(-c3ccccc3)cc2)O[Si](CC)(c2ccc(-c3ccccc3)cc2)O1. The third-order valence-electron chi connectivity index (χ3n) is 12.9. The van der Waals surface area contributed by atoms with Crippen molar-refractivity contribution in [2.45, 2.75) is 51.9 Å². The average Bonchev–Trinajstić information content (AvgIpc) is 3.38. The second-order valence-corrected chi connectivity index (χ2v) is 31.0. The predicted molar refractivity (Wildman–Crippen MR) is 275 cm³/mol. The molecule has 0 radical (unpaired) electrons. The van der Waals surface area contributed by atoms with Gasteiger partial charge in [0, 0.05) is 0 Å². The highest BCUT2D eigenvalue weighted by Crippen LogP contribution is 2.38. The summed E-state index contributed by atoms with van der Waals surface area (Å²) in [5, 5.41) is 4.38. The fourth-order valence-electron chi connectivity index (χ4n) is 9.20. The third-order valence-corrected chi connectivity index (χ3v) is 32.0. The van der Waals surface area contributed by atoms with E-state index in [2.05, 4.69) is 246 Å². The molecule has 0 spiro atoms. The van der Waals surface area contributed by atoms with E-state index in [1.165, 1.54) is 22.3 Å². The number of rotatable bonds is 12. The lowest BCUT2D eigenvalue weighted by atomic mass is 10.1. The van der Waals surface area contributed by atoms with Gasteiger partial charge in [0.05, 0.1) is 0 Å². The van der Waals surface area contributed by atoms with Gasteiger partial charge in [-0.05, 0) is 89.4 Å². The van der Waals surface area contributed by atoms with Crippen molar-refractivity contribution in [3.63, 3.8) is 0 Å². The Morgan fingerprint density at radius 2 is 0.375 bits per heavy atom. The number of hydrogen-bond donors (Lipinski definition) is 0. The van der Waals surface area contributed by atoms with E-state index in [4.69, 9.17) is 16.5 Å². The maximum Gasteiger partial charge on any atom is 0.355 e. The average molecular weight is 905 g/mol. The maximum absolute atomic E-state index is 8.19. The molecule has 1 heterocycles. The molecule has 8 aromatic rings. The van der Waals surface area contributed by atoms with Crippen molar-refractivity contribution in [1.29, 1.82) is 0 Å². The Morgan fingerprint density at radius 3 is 0.531 bits per heavy atom. The largest absolute Gasteiger partial charge is 0.409 e. The van der Waals surface area contributed by atoms with E-state index >= 15 is 0 Å². The Labute approximate surface area is 384 Å². The van der Waals surface area contributed by atoms with Gasteiger partial charge in [-0.1, -0.05) is 246 Å². The standard InChI is InChI=1S/C56H56O4Si4/c1-5-61(53-37-29-49(30-38-53)45-21-13-9-14-22-45)57-62(6-2,54-39-31-50(32-40-54)46-23-15-10-16-24-46)59-64(8-4,56-43-35-52(36-44-56)48-27-19-12-20-28-48)60-63(7-3,58-61)55-41-33-51(34-42-55)47-25-17-11-18-26-47/h9-44H,5-8H2,1-4H3. The molecule has 8 aromatic carbocycles. The molecule has 0 N–H and O–H groups in total. The predicted octanol–water partition coefficient (Wildman–Crippen LogP) is 12.2. The molecule has 320 valence electrons. The lowest BCUT2D eigenvalue weighted by Crippen LogP contribution is -2.79. The molecule has 0 bridgehead atoms. The smallest absolute Gasteiger partial charge is 0.355 e. The highest BCUT2D eigenvalue weighted by atomic mass is 28.5. The first kappa shape index (κ1) is 43.7. The van der Waals surface area contributed by atoms with E-state index in [0.717, 1.165) is 43.0 Å². The fourth-order valence-corrected chi connectivity index (χ4v) is 32.6. The van der Waals surface area contributed by atoms with Gasteiger partial charge < -0.3 is 16.5 Å². The third kappa shape index (κ3) is 8.56. The second-order valence-electron chi connectivity index (χ2n) is 16.6. The minimum atomic E-state index is -3.41. The molecule has 0 amide bonds. The van der Waals surface area contributed by atoms with E-state index in [1.54, 1.807) is 0 Å². The Hall–Kier alpha value is -5.53. The van der Waals surface area contributed by atoms with Crippen LogP contribution in [0.3, 0.4) is 0 Å². The molecule has 64 heavy (non-hydrogen) atoms. The van der Waals surface area contributed by atoms with Gasteiger partial charge in [-0.25, -0.2) is 0 Å². The van der Waals surface area contributed by atoms with Crippen molar-refractivity contribution in [2.24, 2.45) is 0 Å². The number of benzene rings is 8. The summed E-state index contributed by atoms with van der Waals surface area (Å²) in [4.78, 5) is 0. The lowest BCUT2D eigenvalue weighted by molar-refractivity contribution is 0.240. The quantitative estimate of drug-likeness (QED) is 0.114. The zero-order valence-electron chi connectivity index (χ0n) is 37.2. The van der Waals surface area contributed by atoms with Crippen LogP contribution in [-0.2, 0) is 16.5 Å². The summed E-state index contributed by atoms with van der Waals surface area (Å²) in [5.74, 6) is 0. The first-order chi connectivity index (χ1) is 31.4. The van der Waals surface area contributed by atoms with Crippen molar-refractivity contribution in [3.05, 3.63) is 218 Å². The minimum Gasteiger partial charge on any atom is -0.409 e. The molecule has 0 aliphatic carbocycles. The summed E-state index contributed by atoms with van der Waals surface area (Å²) in [7, 11) is -13.6. The van der Waals surface area contributed by atoms with Crippen LogP contribution in [0.5, 0.6) is 0 Å². The zero-order valence-corrected chi connectivity index (χ0v) is 41.2. The van der Waals surface area contributed by atoms with Crippen molar-refractivity contribution in [1.82, 2.24) is 0 Å². The van der Waals surface area contributed by atoms with Crippen LogP contribution in [-0.4, -0.2) is 34.2 Å². The van der Waals surface area contributed by atoms with Gasteiger partial charge in [-0.15, -0.1) is 0 Å². The van der Waals surface area contributed by atoms with E-state index < -0.39 is 34.2 Å². The molecule has 8 heteroatoms.